The molecule has 1 saturated carbocycles. The first kappa shape index (κ1) is 11.4. The summed E-state index contributed by atoms with van der Waals surface area (Å²) in [6, 6.07) is 8.48. The lowest BCUT2D eigenvalue weighted by molar-refractivity contribution is 0.597. The van der Waals surface area contributed by atoms with E-state index in [-0.39, 0.29) is 5.82 Å². The van der Waals surface area contributed by atoms with Crippen molar-refractivity contribution in [3.05, 3.63) is 41.0 Å². The zero-order chi connectivity index (χ0) is 12.8. The number of nitriles is 1. The summed E-state index contributed by atoms with van der Waals surface area (Å²) in [7, 11) is 0. The van der Waals surface area contributed by atoms with Crippen LogP contribution in [0.3, 0.4) is 0 Å². The normalized spacial score (nSPS) is 16.3. The summed E-state index contributed by atoms with van der Waals surface area (Å²) >= 11 is 3.48. The third kappa shape index (κ3) is 1.65. The van der Waals surface area contributed by atoms with Gasteiger partial charge in [-0.3, -0.25) is 0 Å². The van der Waals surface area contributed by atoms with E-state index < -0.39 is 5.54 Å². The van der Waals surface area contributed by atoms with Crippen LogP contribution in [0.5, 0.6) is 0 Å². The summed E-state index contributed by atoms with van der Waals surface area (Å²) in [5.74, 6) is -0.273. The van der Waals surface area contributed by atoms with E-state index in [4.69, 9.17) is 0 Å². The Kier molecular flexibility index (Phi) is 2.49. The predicted molar refractivity (Wildman–Crippen MR) is 68.1 cm³/mol. The van der Waals surface area contributed by atoms with Crippen LogP contribution in [0.25, 0.3) is 11.3 Å². The first-order chi connectivity index (χ1) is 8.66. The van der Waals surface area contributed by atoms with Crippen LogP contribution in [0.2, 0.25) is 0 Å². The molecule has 0 bridgehead atoms. The van der Waals surface area contributed by atoms with Crippen molar-refractivity contribution in [3.63, 3.8) is 0 Å². The second-order valence-electron chi connectivity index (χ2n) is 4.40. The number of rotatable bonds is 2. The average Bonchev–Trinajstić information content (AvgIpc) is 3.08. The van der Waals surface area contributed by atoms with Crippen LogP contribution >= 0.6 is 15.9 Å². The van der Waals surface area contributed by atoms with Crippen molar-refractivity contribution >= 4 is 15.9 Å². The number of halogens is 2. The van der Waals surface area contributed by atoms with Crippen molar-refractivity contribution in [2.45, 2.75) is 18.4 Å². The standard InChI is InChI=1S/C13H9BrFN3/c14-12-11(9-1-3-10(15)4-2-9)17-8-18(12)13(7-16)5-6-13/h1-4,8H,5-6H2. The number of nitrogens with zero attached hydrogens (tertiary/aromatic N) is 3. The van der Waals surface area contributed by atoms with E-state index >= 15 is 0 Å². The van der Waals surface area contributed by atoms with Gasteiger partial charge in [-0.05, 0) is 53.0 Å². The van der Waals surface area contributed by atoms with Gasteiger partial charge >= 0.3 is 0 Å². The number of aromatic nitrogens is 2. The molecule has 2 aromatic rings. The highest BCUT2D eigenvalue weighted by Crippen LogP contribution is 2.46. The van der Waals surface area contributed by atoms with Gasteiger partial charge in [0.2, 0.25) is 0 Å². The predicted octanol–water partition coefficient (Wildman–Crippen LogP) is 3.46. The van der Waals surface area contributed by atoms with Crippen LogP contribution < -0.4 is 0 Å². The third-order valence-electron chi connectivity index (χ3n) is 3.22. The fourth-order valence-electron chi connectivity index (χ4n) is 1.96. The first-order valence-electron chi connectivity index (χ1n) is 5.57. The van der Waals surface area contributed by atoms with Crippen molar-refractivity contribution in [1.82, 2.24) is 9.55 Å². The third-order valence-corrected chi connectivity index (χ3v) is 3.98. The van der Waals surface area contributed by atoms with Gasteiger partial charge in [0.1, 0.15) is 21.7 Å². The summed E-state index contributed by atoms with van der Waals surface area (Å²) in [6.07, 6.45) is 3.36. The van der Waals surface area contributed by atoms with Crippen molar-refractivity contribution in [3.8, 4) is 17.3 Å². The van der Waals surface area contributed by atoms with Gasteiger partial charge in [-0.15, -0.1) is 0 Å². The molecule has 90 valence electrons. The zero-order valence-corrected chi connectivity index (χ0v) is 11.0. The minimum atomic E-state index is -0.440. The van der Waals surface area contributed by atoms with E-state index in [0.717, 1.165) is 28.7 Å². The van der Waals surface area contributed by atoms with E-state index in [1.807, 2.05) is 4.57 Å². The van der Waals surface area contributed by atoms with Crippen molar-refractivity contribution < 1.29 is 4.39 Å². The van der Waals surface area contributed by atoms with Gasteiger partial charge in [0, 0.05) is 5.56 Å². The molecule has 1 aromatic carbocycles. The molecule has 0 spiro atoms. The van der Waals surface area contributed by atoms with Crippen LogP contribution in [0.1, 0.15) is 12.8 Å². The Morgan fingerprint density at radius 3 is 2.56 bits per heavy atom. The maximum Gasteiger partial charge on any atom is 0.133 e. The Hall–Kier alpha value is -1.67. The molecule has 1 aliphatic carbocycles. The topological polar surface area (TPSA) is 41.6 Å². The molecular formula is C13H9BrFN3. The van der Waals surface area contributed by atoms with Crippen molar-refractivity contribution in [2.75, 3.05) is 0 Å². The van der Waals surface area contributed by atoms with E-state index in [2.05, 4.69) is 27.0 Å². The molecule has 3 nitrogen and oxygen atoms in total. The van der Waals surface area contributed by atoms with Gasteiger partial charge in [0.05, 0.1) is 12.4 Å². The van der Waals surface area contributed by atoms with Gasteiger partial charge < -0.3 is 4.57 Å². The Morgan fingerprint density at radius 2 is 2.00 bits per heavy atom. The first-order valence-corrected chi connectivity index (χ1v) is 6.36. The van der Waals surface area contributed by atoms with Gasteiger partial charge in [-0.2, -0.15) is 5.26 Å². The average molecular weight is 306 g/mol. The van der Waals surface area contributed by atoms with E-state index in [9.17, 15) is 9.65 Å². The number of benzene rings is 1. The van der Waals surface area contributed by atoms with Crippen LogP contribution in [0, 0.1) is 17.1 Å². The molecule has 5 heteroatoms. The molecule has 0 N–H and O–H groups in total. The minimum Gasteiger partial charge on any atom is -0.305 e. The highest BCUT2D eigenvalue weighted by Gasteiger charge is 2.46. The molecule has 0 amide bonds. The Morgan fingerprint density at radius 1 is 1.33 bits per heavy atom. The van der Waals surface area contributed by atoms with Crippen molar-refractivity contribution in [2.24, 2.45) is 0 Å². The molecule has 0 aliphatic heterocycles. The molecule has 18 heavy (non-hydrogen) atoms. The Labute approximate surface area is 112 Å². The molecule has 0 atom stereocenters. The molecular weight excluding hydrogens is 297 g/mol. The van der Waals surface area contributed by atoms with Gasteiger partial charge in [0.25, 0.3) is 0 Å². The second-order valence-corrected chi connectivity index (χ2v) is 5.16. The summed E-state index contributed by atoms with van der Waals surface area (Å²) in [4.78, 5) is 4.31. The minimum absolute atomic E-state index is 0.273. The monoisotopic (exact) mass is 305 g/mol. The fourth-order valence-corrected chi connectivity index (χ4v) is 2.72. The van der Waals surface area contributed by atoms with E-state index in [1.54, 1.807) is 18.5 Å². The number of hydrogen-bond donors (Lipinski definition) is 0. The zero-order valence-electron chi connectivity index (χ0n) is 9.40. The highest BCUT2D eigenvalue weighted by molar-refractivity contribution is 9.10. The van der Waals surface area contributed by atoms with Gasteiger partial charge in [0.15, 0.2) is 0 Å². The summed E-state index contributed by atoms with van der Waals surface area (Å²) in [5, 5.41) is 9.18. The summed E-state index contributed by atoms with van der Waals surface area (Å²) in [5.41, 5.74) is 1.12. The van der Waals surface area contributed by atoms with Crippen LogP contribution in [-0.4, -0.2) is 9.55 Å². The molecule has 0 radical (unpaired) electrons. The number of imidazole rings is 1. The second kappa shape index (κ2) is 3.92. The molecule has 1 aliphatic rings. The summed E-state index contributed by atoms with van der Waals surface area (Å²) in [6.45, 7) is 0. The van der Waals surface area contributed by atoms with E-state index in [0.29, 0.717) is 0 Å². The Bertz CT molecular complexity index is 635. The maximum absolute atomic E-state index is 12.9. The molecule has 0 saturated heterocycles. The molecule has 1 aromatic heterocycles. The Balaban J connectivity index is 2.05. The lowest BCUT2D eigenvalue weighted by atomic mass is 10.2. The molecule has 1 fully saturated rings. The molecule has 1 heterocycles. The maximum atomic E-state index is 12.9. The largest absolute Gasteiger partial charge is 0.305 e. The SMILES string of the molecule is N#CC1(n2cnc(-c3ccc(F)cc3)c2Br)CC1. The van der Waals surface area contributed by atoms with Gasteiger partial charge in [-0.25, -0.2) is 9.37 Å². The smallest absolute Gasteiger partial charge is 0.133 e. The lowest BCUT2D eigenvalue weighted by Crippen LogP contribution is -2.13. The highest BCUT2D eigenvalue weighted by atomic mass is 79.9. The quantitative estimate of drug-likeness (QED) is 0.852. The molecule has 0 unspecified atom stereocenters. The van der Waals surface area contributed by atoms with Crippen LogP contribution in [0.15, 0.2) is 35.2 Å². The fraction of sp³-hybridized carbons (Fsp3) is 0.231. The van der Waals surface area contributed by atoms with Gasteiger partial charge in [-0.1, -0.05) is 0 Å². The van der Waals surface area contributed by atoms with Crippen LogP contribution in [-0.2, 0) is 5.54 Å². The number of hydrogen-bond acceptors (Lipinski definition) is 2. The van der Waals surface area contributed by atoms with Crippen LogP contribution in [0.4, 0.5) is 4.39 Å². The lowest BCUT2D eigenvalue weighted by Gasteiger charge is -2.09. The van der Waals surface area contributed by atoms with Crippen molar-refractivity contribution in [1.29, 1.82) is 5.26 Å². The molecule has 3 rings (SSSR count). The van der Waals surface area contributed by atoms with E-state index in [1.165, 1.54) is 12.1 Å². The summed E-state index contributed by atoms with van der Waals surface area (Å²) < 4.78 is 15.5.